The van der Waals surface area contributed by atoms with Crippen LogP contribution in [0.2, 0.25) is 0 Å². The molecule has 0 saturated carbocycles. The second-order valence-electron chi connectivity index (χ2n) is 7.14. The lowest BCUT2D eigenvalue weighted by Crippen LogP contribution is -1.88. The first-order valence-corrected chi connectivity index (χ1v) is 11.2. The molecule has 0 atom stereocenters. The second-order valence-corrected chi connectivity index (χ2v) is 9.44. The normalized spacial score (nSPS) is 11.9. The highest BCUT2D eigenvalue weighted by Crippen LogP contribution is 2.37. The zero-order chi connectivity index (χ0) is 18.7. The minimum atomic E-state index is 0.911. The van der Waals surface area contributed by atoms with Gasteiger partial charge in [0.05, 0.1) is 0 Å². The van der Waals surface area contributed by atoms with Gasteiger partial charge >= 0.3 is 0 Å². The lowest BCUT2D eigenvalue weighted by Gasteiger charge is -2.04. The van der Waals surface area contributed by atoms with Gasteiger partial charge in [-0.2, -0.15) is 0 Å². The van der Waals surface area contributed by atoms with Gasteiger partial charge in [0.2, 0.25) is 0 Å². The van der Waals surface area contributed by atoms with E-state index >= 15 is 0 Å². The van der Waals surface area contributed by atoms with Crippen LogP contribution in [0.15, 0.2) is 83.3 Å². The third-order valence-corrected chi connectivity index (χ3v) is 7.31. The summed E-state index contributed by atoms with van der Waals surface area (Å²) in [7, 11) is 0. The molecule has 0 bridgehead atoms. The van der Waals surface area contributed by atoms with E-state index in [9.17, 15) is 0 Å². The second kappa shape index (κ2) is 6.33. The molecule has 0 unspecified atom stereocenters. The molecule has 6 aromatic rings. The van der Waals surface area contributed by atoms with E-state index in [-0.39, 0.29) is 0 Å². The van der Waals surface area contributed by atoms with Gasteiger partial charge in [-0.25, -0.2) is 0 Å². The molecule has 28 heavy (non-hydrogen) atoms. The maximum atomic E-state index is 6.14. The van der Waals surface area contributed by atoms with E-state index in [2.05, 4.69) is 101 Å². The maximum absolute atomic E-state index is 6.14. The van der Waals surface area contributed by atoms with E-state index in [1.54, 1.807) is 0 Å². The highest BCUT2D eigenvalue weighted by molar-refractivity contribution is 14.1. The number of rotatable bonds is 2. The summed E-state index contributed by atoms with van der Waals surface area (Å²) in [5.74, 6) is 0. The van der Waals surface area contributed by atoms with Crippen LogP contribution in [0, 0.1) is 3.57 Å². The first-order valence-electron chi connectivity index (χ1n) is 9.26. The quantitative estimate of drug-likeness (QED) is 0.223. The standard InChI is InChI=1S/C25H15IOS/c26-17-9-11-19-18-10-8-15(13-22(18)27-23(19)14-17)12-16-4-3-6-21-20-5-1-2-7-24(20)28-25(16)21/h1-11,13-14H,12H2. The van der Waals surface area contributed by atoms with Crippen molar-refractivity contribution in [3.8, 4) is 0 Å². The number of benzene rings is 4. The number of fused-ring (bicyclic) bond motifs is 6. The van der Waals surface area contributed by atoms with Crippen molar-refractivity contribution in [1.82, 2.24) is 0 Å². The summed E-state index contributed by atoms with van der Waals surface area (Å²) in [5, 5.41) is 5.09. The summed E-state index contributed by atoms with van der Waals surface area (Å²) in [5.41, 5.74) is 4.60. The van der Waals surface area contributed by atoms with Crippen molar-refractivity contribution in [2.45, 2.75) is 6.42 Å². The number of thiophene rings is 1. The fraction of sp³-hybridized carbons (Fsp3) is 0.0400. The van der Waals surface area contributed by atoms with Crippen molar-refractivity contribution in [3.05, 3.63) is 93.6 Å². The summed E-state index contributed by atoms with van der Waals surface area (Å²) >= 11 is 4.22. The summed E-state index contributed by atoms with van der Waals surface area (Å²) in [6.45, 7) is 0. The Morgan fingerprint density at radius 3 is 2.43 bits per heavy atom. The Hall–Kier alpha value is -2.37. The molecule has 0 amide bonds. The molecule has 0 spiro atoms. The van der Waals surface area contributed by atoms with E-state index < -0.39 is 0 Å². The Balaban J connectivity index is 1.48. The van der Waals surface area contributed by atoms with E-state index in [0.29, 0.717) is 0 Å². The van der Waals surface area contributed by atoms with Crippen molar-refractivity contribution in [1.29, 1.82) is 0 Å². The Labute approximate surface area is 179 Å². The number of hydrogen-bond donors (Lipinski definition) is 0. The molecule has 6 rings (SSSR count). The van der Waals surface area contributed by atoms with Gasteiger partial charge in [-0.1, -0.05) is 48.5 Å². The average Bonchev–Trinajstić information content (AvgIpc) is 3.26. The van der Waals surface area contributed by atoms with E-state index in [0.717, 1.165) is 17.6 Å². The molecule has 2 aromatic heterocycles. The van der Waals surface area contributed by atoms with Crippen LogP contribution in [-0.2, 0) is 6.42 Å². The van der Waals surface area contributed by atoms with Crippen LogP contribution in [0.1, 0.15) is 11.1 Å². The van der Waals surface area contributed by atoms with Gasteiger partial charge in [-0.15, -0.1) is 11.3 Å². The molecule has 134 valence electrons. The molecule has 0 aliphatic rings. The van der Waals surface area contributed by atoms with Crippen LogP contribution < -0.4 is 0 Å². The van der Waals surface area contributed by atoms with Gasteiger partial charge in [0.25, 0.3) is 0 Å². The predicted octanol–water partition coefficient (Wildman–Crippen LogP) is 8.15. The van der Waals surface area contributed by atoms with Crippen LogP contribution in [0.4, 0.5) is 0 Å². The first-order chi connectivity index (χ1) is 13.8. The van der Waals surface area contributed by atoms with Crippen molar-refractivity contribution < 1.29 is 4.42 Å². The van der Waals surface area contributed by atoms with Gasteiger partial charge in [0.15, 0.2) is 0 Å². The molecule has 0 N–H and O–H groups in total. The van der Waals surface area contributed by atoms with E-state index in [1.165, 1.54) is 45.6 Å². The fourth-order valence-corrected chi connectivity index (χ4v) is 5.75. The molecule has 0 radical (unpaired) electrons. The highest BCUT2D eigenvalue weighted by atomic mass is 127. The summed E-state index contributed by atoms with van der Waals surface area (Å²) in [6.07, 6.45) is 0.911. The molecule has 2 heterocycles. The average molecular weight is 490 g/mol. The minimum Gasteiger partial charge on any atom is -0.456 e. The molecule has 4 aromatic carbocycles. The van der Waals surface area contributed by atoms with E-state index in [4.69, 9.17) is 4.42 Å². The Bertz CT molecular complexity index is 1510. The topological polar surface area (TPSA) is 13.1 Å². The first kappa shape index (κ1) is 16.6. The van der Waals surface area contributed by atoms with Crippen LogP contribution in [-0.4, -0.2) is 0 Å². The molecular weight excluding hydrogens is 475 g/mol. The molecule has 0 aliphatic carbocycles. The molecule has 0 saturated heterocycles. The van der Waals surface area contributed by atoms with Crippen LogP contribution in [0.25, 0.3) is 42.1 Å². The Kier molecular flexibility index (Phi) is 3.74. The Morgan fingerprint density at radius 1 is 0.714 bits per heavy atom. The van der Waals surface area contributed by atoms with Gasteiger partial charge in [-0.05, 0) is 70.5 Å². The highest BCUT2D eigenvalue weighted by Gasteiger charge is 2.11. The van der Waals surface area contributed by atoms with Crippen LogP contribution >= 0.6 is 33.9 Å². The fourth-order valence-electron chi connectivity index (χ4n) is 4.07. The largest absolute Gasteiger partial charge is 0.456 e. The predicted molar refractivity (Wildman–Crippen MR) is 129 cm³/mol. The zero-order valence-corrected chi connectivity index (χ0v) is 17.9. The van der Waals surface area contributed by atoms with Crippen LogP contribution in [0.3, 0.4) is 0 Å². The van der Waals surface area contributed by atoms with Crippen LogP contribution in [0.5, 0.6) is 0 Å². The summed E-state index contributed by atoms with van der Waals surface area (Å²) in [6, 6.07) is 28.4. The van der Waals surface area contributed by atoms with Crippen molar-refractivity contribution >= 4 is 76.0 Å². The van der Waals surface area contributed by atoms with Gasteiger partial charge in [0, 0.05) is 34.5 Å². The minimum absolute atomic E-state index is 0.911. The lowest BCUT2D eigenvalue weighted by atomic mass is 10.0. The molecule has 0 fully saturated rings. The third kappa shape index (κ3) is 2.57. The number of hydrogen-bond acceptors (Lipinski definition) is 2. The van der Waals surface area contributed by atoms with Crippen molar-refractivity contribution in [3.63, 3.8) is 0 Å². The van der Waals surface area contributed by atoms with Gasteiger partial charge < -0.3 is 4.42 Å². The van der Waals surface area contributed by atoms with Gasteiger partial charge in [-0.3, -0.25) is 0 Å². The molecular formula is C25H15IOS. The van der Waals surface area contributed by atoms with Crippen molar-refractivity contribution in [2.24, 2.45) is 0 Å². The summed E-state index contributed by atoms with van der Waals surface area (Å²) < 4.78 is 10.1. The lowest BCUT2D eigenvalue weighted by molar-refractivity contribution is 0.668. The molecule has 3 heteroatoms. The van der Waals surface area contributed by atoms with Gasteiger partial charge in [0.1, 0.15) is 11.2 Å². The zero-order valence-electron chi connectivity index (χ0n) is 14.9. The SMILES string of the molecule is Ic1ccc2c(c1)oc1cc(Cc3cccc4c3sc3ccccc34)ccc12. The monoisotopic (exact) mass is 490 g/mol. The summed E-state index contributed by atoms with van der Waals surface area (Å²) in [4.78, 5) is 0. The Morgan fingerprint density at radius 2 is 1.50 bits per heavy atom. The maximum Gasteiger partial charge on any atom is 0.136 e. The molecule has 0 aliphatic heterocycles. The molecule has 1 nitrogen and oxygen atoms in total. The van der Waals surface area contributed by atoms with E-state index in [1.807, 2.05) is 11.3 Å². The third-order valence-electron chi connectivity index (χ3n) is 5.38. The number of furan rings is 1. The number of halogens is 1. The smallest absolute Gasteiger partial charge is 0.136 e. The van der Waals surface area contributed by atoms with Crippen molar-refractivity contribution in [2.75, 3.05) is 0 Å².